The van der Waals surface area contributed by atoms with Crippen molar-refractivity contribution in [3.8, 4) is 6.07 Å². The highest BCUT2D eigenvalue weighted by atomic mass is 16.5. The molecule has 0 heterocycles. The molecular formula is C13H22N2O2. The Kier molecular flexibility index (Phi) is 5.99. The Hall–Kier alpha value is -1.08. The van der Waals surface area contributed by atoms with Crippen LogP contribution in [0.25, 0.3) is 0 Å². The topological polar surface area (TPSA) is 62.1 Å². The molecule has 0 bridgehead atoms. The fourth-order valence-corrected chi connectivity index (χ4v) is 2.08. The average molecular weight is 238 g/mol. The van der Waals surface area contributed by atoms with Crippen LogP contribution in [-0.4, -0.2) is 25.2 Å². The molecule has 0 aromatic heterocycles. The molecule has 1 rings (SSSR count). The number of ether oxygens (including phenoxy) is 1. The number of hydrogen-bond acceptors (Lipinski definition) is 3. The summed E-state index contributed by atoms with van der Waals surface area (Å²) in [6.07, 6.45) is 5.16. The van der Waals surface area contributed by atoms with E-state index in [1.54, 1.807) is 0 Å². The van der Waals surface area contributed by atoms with Crippen LogP contribution in [0.5, 0.6) is 0 Å². The number of nitrogens with zero attached hydrogens (tertiary/aromatic N) is 1. The molecule has 0 saturated heterocycles. The Morgan fingerprint density at radius 1 is 1.47 bits per heavy atom. The van der Waals surface area contributed by atoms with Crippen LogP contribution in [0, 0.1) is 23.2 Å². The van der Waals surface area contributed by atoms with Gasteiger partial charge < -0.3 is 10.1 Å². The first-order valence-electron chi connectivity index (χ1n) is 6.44. The predicted octanol–water partition coefficient (Wildman–Crippen LogP) is 1.86. The van der Waals surface area contributed by atoms with Gasteiger partial charge >= 0.3 is 0 Å². The van der Waals surface area contributed by atoms with E-state index in [-0.39, 0.29) is 11.8 Å². The molecule has 0 aromatic rings. The van der Waals surface area contributed by atoms with Crippen molar-refractivity contribution >= 4 is 5.91 Å². The van der Waals surface area contributed by atoms with Crippen LogP contribution < -0.4 is 5.32 Å². The fraction of sp³-hybridized carbons (Fsp3) is 0.846. The maximum atomic E-state index is 11.6. The third kappa shape index (κ3) is 4.74. The number of nitrogens with one attached hydrogen (secondary N) is 1. The number of amides is 1. The van der Waals surface area contributed by atoms with Crippen LogP contribution in [-0.2, 0) is 9.53 Å². The molecule has 0 aromatic carbocycles. The van der Waals surface area contributed by atoms with Crippen LogP contribution in [0.15, 0.2) is 0 Å². The van der Waals surface area contributed by atoms with E-state index < -0.39 is 5.92 Å². The lowest BCUT2D eigenvalue weighted by Gasteiger charge is -2.14. The highest BCUT2D eigenvalue weighted by Gasteiger charge is 2.21. The van der Waals surface area contributed by atoms with Crippen molar-refractivity contribution in [3.05, 3.63) is 0 Å². The molecule has 1 N–H and O–H groups in total. The predicted molar refractivity (Wildman–Crippen MR) is 65.2 cm³/mol. The molecule has 1 aliphatic carbocycles. The maximum absolute atomic E-state index is 11.6. The van der Waals surface area contributed by atoms with Crippen molar-refractivity contribution in [1.82, 2.24) is 5.32 Å². The smallest absolute Gasteiger partial charge is 0.237 e. The van der Waals surface area contributed by atoms with Gasteiger partial charge in [-0.05, 0) is 18.8 Å². The van der Waals surface area contributed by atoms with Crippen molar-refractivity contribution in [2.45, 2.75) is 45.6 Å². The standard InChI is InChI=1S/C13H22N2O2/c1-10(2)12(9-14)13(16)15-7-8-17-11-5-3-4-6-11/h10-12H,3-8H2,1-2H3,(H,15,16). The van der Waals surface area contributed by atoms with Crippen LogP contribution in [0.3, 0.4) is 0 Å². The molecule has 4 heteroatoms. The zero-order valence-corrected chi connectivity index (χ0v) is 10.7. The van der Waals surface area contributed by atoms with Crippen molar-refractivity contribution in [3.63, 3.8) is 0 Å². The van der Waals surface area contributed by atoms with Gasteiger partial charge in [-0.15, -0.1) is 0 Å². The summed E-state index contributed by atoms with van der Waals surface area (Å²) in [7, 11) is 0. The van der Waals surface area contributed by atoms with Crippen molar-refractivity contribution < 1.29 is 9.53 Å². The van der Waals surface area contributed by atoms with E-state index in [2.05, 4.69) is 5.32 Å². The molecule has 1 amide bonds. The van der Waals surface area contributed by atoms with Crippen LogP contribution in [0.4, 0.5) is 0 Å². The van der Waals surface area contributed by atoms with Gasteiger partial charge in [-0.2, -0.15) is 5.26 Å². The zero-order chi connectivity index (χ0) is 12.7. The monoisotopic (exact) mass is 238 g/mol. The summed E-state index contributed by atoms with van der Waals surface area (Å²) < 4.78 is 5.63. The Labute approximate surface area is 103 Å². The number of carbonyl (C=O) groups excluding carboxylic acids is 1. The highest BCUT2D eigenvalue weighted by Crippen LogP contribution is 2.20. The minimum Gasteiger partial charge on any atom is -0.376 e. The molecule has 1 saturated carbocycles. The zero-order valence-electron chi connectivity index (χ0n) is 10.7. The van der Waals surface area contributed by atoms with Crippen LogP contribution in [0.1, 0.15) is 39.5 Å². The van der Waals surface area contributed by atoms with Gasteiger partial charge in [0.25, 0.3) is 0 Å². The summed E-state index contributed by atoms with van der Waals surface area (Å²) in [4.78, 5) is 11.6. The molecule has 4 nitrogen and oxygen atoms in total. The van der Waals surface area contributed by atoms with Crippen molar-refractivity contribution in [2.75, 3.05) is 13.2 Å². The first kappa shape index (κ1) is 14.0. The second-order valence-electron chi connectivity index (χ2n) is 4.92. The molecule has 0 radical (unpaired) electrons. The number of nitriles is 1. The normalized spacial score (nSPS) is 18.0. The van der Waals surface area contributed by atoms with E-state index in [1.807, 2.05) is 19.9 Å². The largest absolute Gasteiger partial charge is 0.376 e. The van der Waals surface area contributed by atoms with Crippen molar-refractivity contribution in [2.24, 2.45) is 11.8 Å². The molecule has 0 spiro atoms. The Morgan fingerprint density at radius 2 is 2.12 bits per heavy atom. The van der Waals surface area contributed by atoms with E-state index in [0.29, 0.717) is 19.3 Å². The highest BCUT2D eigenvalue weighted by molar-refractivity contribution is 5.81. The average Bonchev–Trinajstić information content (AvgIpc) is 2.77. The van der Waals surface area contributed by atoms with E-state index in [4.69, 9.17) is 10.00 Å². The molecule has 1 atom stereocenters. The van der Waals surface area contributed by atoms with Gasteiger partial charge in [-0.1, -0.05) is 26.7 Å². The molecular weight excluding hydrogens is 216 g/mol. The third-order valence-corrected chi connectivity index (χ3v) is 3.15. The lowest BCUT2D eigenvalue weighted by Crippen LogP contribution is -2.35. The molecule has 0 aliphatic heterocycles. The summed E-state index contributed by atoms with van der Waals surface area (Å²) in [5.74, 6) is -0.685. The summed E-state index contributed by atoms with van der Waals surface area (Å²) in [5, 5.41) is 11.6. The Balaban J connectivity index is 2.13. The minimum absolute atomic E-state index is 0.0516. The summed E-state index contributed by atoms with van der Waals surface area (Å²) in [6.45, 7) is 4.80. The second-order valence-corrected chi connectivity index (χ2v) is 4.92. The van der Waals surface area contributed by atoms with Gasteiger partial charge in [0, 0.05) is 6.54 Å². The van der Waals surface area contributed by atoms with Gasteiger partial charge in [-0.25, -0.2) is 0 Å². The first-order valence-corrected chi connectivity index (χ1v) is 6.44. The van der Waals surface area contributed by atoms with Crippen molar-refractivity contribution in [1.29, 1.82) is 5.26 Å². The molecule has 1 fully saturated rings. The van der Waals surface area contributed by atoms with E-state index in [9.17, 15) is 4.79 Å². The van der Waals surface area contributed by atoms with Gasteiger partial charge in [0.1, 0.15) is 5.92 Å². The lowest BCUT2D eigenvalue weighted by molar-refractivity contribution is -0.124. The number of hydrogen-bond donors (Lipinski definition) is 1. The molecule has 17 heavy (non-hydrogen) atoms. The number of rotatable bonds is 6. The van der Waals surface area contributed by atoms with Gasteiger partial charge in [0.15, 0.2) is 0 Å². The first-order chi connectivity index (χ1) is 8.15. The maximum Gasteiger partial charge on any atom is 0.237 e. The third-order valence-electron chi connectivity index (χ3n) is 3.15. The Morgan fingerprint density at radius 3 is 2.65 bits per heavy atom. The second kappa shape index (κ2) is 7.29. The summed E-state index contributed by atoms with van der Waals surface area (Å²) in [6, 6.07) is 2.03. The van der Waals surface area contributed by atoms with E-state index >= 15 is 0 Å². The van der Waals surface area contributed by atoms with Crippen LogP contribution >= 0.6 is 0 Å². The van der Waals surface area contributed by atoms with Gasteiger partial charge in [0.2, 0.25) is 5.91 Å². The summed E-state index contributed by atoms with van der Waals surface area (Å²) >= 11 is 0. The lowest BCUT2D eigenvalue weighted by atomic mass is 9.97. The van der Waals surface area contributed by atoms with E-state index in [1.165, 1.54) is 12.8 Å². The molecule has 1 unspecified atom stereocenters. The molecule has 1 aliphatic rings. The van der Waals surface area contributed by atoms with Crippen LogP contribution in [0.2, 0.25) is 0 Å². The van der Waals surface area contributed by atoms with E-state index in [0.717, 1.165) is 12.8 Å². The van der Waals surface area contributed by atoms with Gasteiger partial charge in [0.05, 0.1) is 18.8 Å². The number of carbonyl (C=O) groups is 1. The quantitative estimate of drug-likeness (QED) is 0.718. The minimum atomic E-state index is -0.554. The van der Waals surface area contributed by atoms with Gasteiger partial charge in [-0.3, -0.25) is 4.79 Å². The fourth-order valence-electron chi connectivity index (χ4n) is 2.08. The SMILES string of the molecule is CC(C)C(C#N)C(=O)NCCOC1CCCC1. The summed E-state index contributed by atoms with van der Waals surface area (Å²) in [5.41, 5.74) is 0. The Bertz CT molecular complexity index is 278. The molecule has 96 valence electrons.